The van der Waals surface area contributed by atoms with Crippen molar-refractivity contribution in [2.75, 3.05) is 17.5 Å². The van der Waals surface area contributed by atoms with Crippen molar-refractivity contribution in [3.63, 3.8) is 0 Å². The third-order valence-electron chi connectivity index (χ3n) is 9.13. The summed E-state index contributed by atoms with van der Waals surface area (Å²) < 4.78 is 101. The molecule has 1 amide bonds. The fourth-order valence-corrected chi connectivity index (χ4v) is 6.78. The molecule has 4 aromatic rings. The first-order chi connectivity index (χ1) is 22.9. The minimum Gasteiger partial charge on any atom is -0.406 e. The number of pyridine rings is 1. The first kappa shape index (κ1) is 34.7. The molecule has 49 heavy (non-hydrogen) atoms. The van der Waals surface area contributed by atoms with Crippen molar-refractivity contribution in [2.45, 2.75) is 70.4 Å². The summed E-state index contributed by atoms with van der Waals surface area (Å²) in [6.07, 6.45) is -2.02. The molecule has 2 fully saturated rings. The van der Waals surface area contributed by atoms with Crippen molar-refractivity contribution in [1.29, 1.82) is 0 Å². The molecule has 2 aromatic carbocycles. The summed E-state index contributed by atoms with van der Waals surface area (Å²) in [6, 6.07) is 11.3. The maximum absolute atomic E-state index is 13.6. The van der Waals surface area contributed by atoms with Gasteiger partial charge < -0.3 is 19.4 Å². The van der Waals surface area contributed by atoms with Crippen LogP contribution in [0.3, 0.4) is 0 Å². The molecule has 10 nitrogen and oxygen atoms in total. The lowest BCUT2D eigenvalue weighted by molar-refractivity contribution is -0.274. The highest BCUT2D eigenvalue weighted by molar-refractivity contribution is 7.92. The van der Waals surface area contributed by atoms with Gasteiger partial charge in [0.15, 0.2) is 0 Å². The Labute approximate surface area is 281 Å². The van der Waals surface area contributed by atoms with E-state index in [9.17, 15) is 30.8 Å². The number of hydrogen-bond acceptors (Lipinski definition) is 7. The summed E-state index contributed by atoms with van der Waals surface area (Å²) in [5.74, 6) is -1.82. The lowest BCUT2D eigenvalue weighted by atomic mass is 9.78. The summed E-state index contributed by atoms with van der Waals surface area (Å²) in [4.78, 5) is 13.0. The zero-order valence-electron chi connectivity index (χ0n) is 27.4. The van der Waals surface area contributed by atoms with E-state index in [0.29, 0.717) is 22.3 Å². The number of alkyl halides is 3. The Balaban J connectivity index is 1.28. The number of aromatic nitrogens is 2. The Morgan fingerprint density at radius 3 is 2.31 bits per heavy atom. The Kier molecular flexibility index (Phi) is 8.73. The van der Waals surface area contributed by atoms with E-state index in [-0.39, 0.29) is 34.6 Å². The zero-order chi connectivity index (χ0) is 35.5. The van der Waals surface area contributed by atoms with Gasteiger partial charge in [0.05, 0.1) is 39.9 Å². The number of rotatable bonds is 10. The second-order valence-corrected chi connectivity index (χ2v) is 15.1. The van der Waals surface area contributed by atoms with Crippen molar-refractivity contribution in [2.24, 2.45) is 0 Å². The number of benzene rings is 2. The molecule has 16 heteroatoms. The summed E-state index contributed by atoms with van der Waals surface area (Å²) in [5.41, 5.74) is 1.14. The van der Waals surface area contributed by atoms with Crippen molar-refractivity contribution >= 4 is 39.7 Å². The number of carbonyl (C=O) groups is 1. The quantitative estimate of drug-likeness (QED) is 0.164. The largest absolute Gasteiger partial charge is 0.573 e. The van der Waals surface area contributed by atoms with Crippen LogP contribution < -0.4 is 20.2 Å². The summed E-state index contributed by atoms with van der Waals surface area (Å²) in [7, 11) is -3.69. The van der Waals surface area contributed by atoms with Crippen LogP contribution >= 0.6 is 0 Å². The van der Waals surface area contributed by atoms with Gasteiger partial charge in [0.2, 0.25) is 10.0 Å². The van der Waals surface area contributed by atoms with E-state index in [1.54, 1.807) is 33.8 Å². The predicted molar refractivity (Wildman–Crippen MR) is 176 cm³/mol. The number of fused-ring (bicyclic) bond motifs is 1. The van der Waals surface area contributed by atoms with Gasteiger partial charge in [-0.2, -0.15) is 5.10 Å². The molecule has 1 saturated heterocycles. The SMILES string of the molecule is CNC(=O)c1c(-c2ccc(F)cc2)nn2cc(NS(=O)(=O)CCc3ccc(B4OC(C)(C)C(C)(C)O4)c(OC(F)(F)F)c3)c(C3CC3)cc12. The molecule has 2 aromatic heterocycles. The van der Waals surface area contributed by atoms with Gasteiger partial charge in [0.1, 0.15) is 17.3 Å². The first-order valence-corrected chi connectivity index (χ1v) is 17.3. The third-order valence-corrected chi connectivity index (χ3v) is 10.4. The number of sulfonamides is 1. The number of halogens is 4. The molecule has 1 aliphatic heterocycles. The molecule has 1 saturated carbocycles. The average Bonchev–Trinajstić information content (AvgIpc) is 3.74. The smallest absolute Gasteiger partial charge is 0.406 e. The van der Waals surface area contributed by atoms with Gasteiger partial charge in [0.25, 0.3) is 5.91 Å². The van der Waals surface area contributed by atoms with E-state index in [1.165, 1.54) is 54.2 Å². The number of hydrogen-bond donors (Lipinski definition) is 2. The Bertz CT molecular complexity index is 2010. The molecular formula is C33H35BF4N4O6S. The molecular weight excluding hydrogens is 667 g/mol. The van der Waals surface area contributed by atoms with Gasteiger partial charge in [-0.15, -0.1) is 13.2 Å². The van der Waals surface area contributed by atoms with Crippen LogP contribution in [0.5, 0.6) is 5.75 Å². The van der Waals surface area contributed by atoms with Crippen LogP contribution in [-0.2, 0) is 25.8 Å². The summed E-state index contributed by atoms with van der Waals surface area (Å²) >= 11 is 0. The highest BCUT2D eigenvalue weighted by atomic mass is 32.2. The lowest BCUT2D eigenvalue weighted by Crippen LogP contribution is -2.41. The van der Waals surface area contributed by atoms with Gasteiger partial charge >= 0.3 is 13.5 Å². The minimum atomic E-state index is -5.01. The highest BCUT2D eigenvalue weighted by Crippen LogP contribution is 2.45. The Morgan fingerprint density at radius 1 is 1.06 bits per heavy atom. The molecule has 2 N–H and O–H groups in total. The third kappa shape index (κ3) is 7.26. The molecule has 0 unspecified atom stereocenters. The Morgan fingerprint density at radius 2 is 1.71 bits per heavy atom. The molecule has 0 atom stereocenters. The molecule has 0 radical (unpaired) electrons. The lowest BCUT2D eigenvalue weighted by Gasteiger charge is -2.32. The molecule has 3 heterocycles. The van der Waals surface area contributed by atoms with Gasteiger partial charge in [-0.05, 0) is 100 Å². The number of ether oxygens (including phenoxy) is 1. The summed E-state index contributed by atoms with van der Waals surface area (Å²) in [6.45, 7) is 7.09. The minimum absolute atomic E-state index is 0.0263. The van der Waals surface area contributed by atoms with Gasteiger partial charge in [0, 0.05) is 18.1 Å². The molecule has 1 aliphatic carbocycles. The number of carbonyl (C=O) groups excluding carboxylic acids is 1. The van der Waals surface area contributed by atoms with Crippen LogP contribution in [0.25, 0.3) is 16.8 Å². The highest BCUT2D eigenvalue weighted by Gasteiger charge is 2.53. The van der Waals surface area contributed by atoms with Crippen molar-refractivity contribution in [1.82, 2.24) is 14.9 Å². The van der Waals surface area contributed by atoms with Crippen LogP contribution in [-0.4, -0.2) is 61.4 Å². The fraction of sp³-hybridized carbons (Fsp3) is 0.394. The number of anilines is 1. The van der Waals surface area contributed by atoms with Crippen molar-refractivity contribution < 1.29 is 44.8 Å². The number of nitrogens with one attached hydrogen (secondary N) is 2. The maximum atomic E-state index is 13.6. The number of aryl methyl sites for hydroxylation is 1. The number of amides is 1. The van der Waals surface area contributed by atoms with E-state index < -0.39 is 57.9 Å². The molecule has 0 bridgehead atoms. The first-order valence-electron chi connectivity index (χ1n) is 15.7. The normalized spacial score (nSPS) is 17.4. The Hall–Kier alpha value is -4.15. The maximum Gasteiger partial charge on any atom is 0.573 e. The van der Waals surface area contributed by atoms with E-state index in [2.05, 4.69) is 19.9 Å². The van der Waals surface area contributed by atoms with Crippen LogP contribution in [0.4, 0.5) is 23.2 Å². The molecule has 0 spiro atoms. The summed E-state index contributed by atoms with van der Waals surface area (Å²) in [5, 5.41) is 7.17. The van der Waals surface area contributed by atoms with Crippen LogP contribution in [0.15, 0.2) is 54.7 Å². The molecule has 6 rings (SSSR count). The standard InChI is InChI=1S/C33H35BF4N4O6S/c1-31(2)32(3,4)48-34(47-31)24-13-6-19(16-27(24)46-33(36,37)38)14-15-49(44,45)41-25-18-42-26(17-23(25)20-7-8-20)28(30(43)39-5)29(40-42)21-9-11-22(35)12-10-21/h6,9-13,16-18,20,41H,7-8,14-15H2,1-5H3,(H,39,43). The monoisotopic (exact) mass is 702 g/mol. The van der Waals surface area contributed by atoms with Gasteiger partial charge in [-0.3, -0.25) is 9.52 Å². The average molecular weight is 703 g/mol. The number of nitrogens with zero attached hydrogens (tertiary/aromatic N) is 2. The van der Waals surface area contributed by atoms with Crippen molar-refractivity contribution in [3.05, 3.63) is 77.2 Å². The predicted octanol–water partition coefficient (Wildman–Crippen LogP) is 5.56. The van der Waals surface area contributed by atoms with Crippen LogP contribution in [0, 0.1) is 5.82 Å². The molecule has 2 aliphatic rings. The van der Waals surface area contributed by atoms with Crippen LogP contribution in [0.2, 0.25) is 0 Å². The second kappa shape index (κ2) is 12.3. The van der Waals surface area contributed by atoms with Gasteiger partial charge in [-0.25, -0.2) is 17.3 Å². The van der Waals surface area contributed by atoms with Crippen LogP contribution in [0.1, 0.15) is 67.9 Å². The van der Waals surface area contributed by atoms with E-state index in [4.69, 9.17) is 9.31 Å². The van der Waals surface area contributed by atoms with E-state index in [1.807, 2.05) is 0 Å². The topological polar surface area (TPSA) is 120 Å². The second-order valence-electron chi connectivity index (χ2n) is 13.2. The fourth-order valence-electron chi connectivity index (χ4n) is 5.66. The zero-order valence-corrected chi connectivity index (χ0v) is 28.3. The molecule has 260 valence electrons. The van der Waals surface area contributed by atoms with E-state index >= 15 is 0 Å². The van der Waals surface area contributed by atoms with Gasteiger partial charge in [-0.1, -0.05) is 12.1 Å². The van der Waals surface area contributed by atoms with Crippen molar-refractivity contribution in [3.8, 4) is 17.0 Å². The van der Waals surface area contributed by atoms with E-state index in [0.717, 1.165) is 18.9 Å².